The highest BCUT2D eigenvalue weighted by Crippen LogP contribution is 2.60. The lowest BCUT2D eigenvalue weighted by molar-refractivity contribution is -0.146. The molecule has 0 aromatic heterocycles. The lowest BCUT2D eigenvalue weighted by Crippen LogP contribution is -2.51. The zero-order valence-corrected chi connectivity index (χ0v) is 30.1. The van der Waals surface area contributed by atoms with Crippen molar-refractivity contribution < 1.29 is 28.9 Å². The molecule has 1 N–H and O–H groups in total. The van der Waals surface area contributed by atoms with E-state index in [4.69, 9.17) is 14.2 Å². The molecule has 0 aliphatic carbocycles. The van der Waals surface area contributed by atoms with Gasteiger partial charge in [0, 0.05) is 28.2 Å². The van der Waals surface area contributed by atoms with Crippen molar-refractivity contribution in [2.45, 2.75) is 50.2 Å². The summed E-state index contributed by atoms with van der Waals surface area (Å²) in [4.78, 5) is 31.3. The van der Waals surface area contributed by atoms with Gasteiger partial charge in [-0.25, -0.2) is 0 Å². The minimum absolute atomic E-state index is 0.0238. The van der Waals surface area contributed by atoms with Gasteiger partial charge in [0.15, 0.2) is 12.2 Å². The third-order valence-electron chi connectivity index (χ3n) is 10.5. The average molecular weight is 728 g/mol. The van der Waals surface area contributed by atoms with Crippen LogP contribution in [0.15, 0.2) is 95.5 Å². The third kappa shape index (κ3) is 5.17. The molecular formula is C38H39BrN2O6Si. The summed E-state index contributed by atoms with van der Waals surface area (Å²) in [6, 6.07) is 29.5. The summed E-state index contributed by atoms with van der Waals surface area (Å²) in [5.74, 6) is 1.08. The fourth-order valence-electron chi connectivity index (χ4n) is 8.16. The van der Waals surface area contributed by atoms with Gasteiger partial charge in [-0.3, -0.25) is 14.5 Å². The number of rotatable bonds is 8. The molecule has 4 aromatic rings. The maximum absolute atomic E-state index is 14.9. The van der Waals surface area contributed by atoms with Crippen LogP contribution in [0.25, 0.3) is 0 Å². The Morgan fingerprint density at radius 3 is 2.42 bits per heavy atom. The summed E-state index contributed by atoms with van der Waals surface area (Å²) in [6.07, 6.45) is 0.155. The highest BCUT2D eigenvalue weighted by atomic mass is 79.9. The lowest BCUT2D eigenvalue weighted by atomic mass is 9.82. The fraction of sp³-hybridized carbons (Fsp3) is 0.316. The monoisotopic (exact) mass is 726 g/mol. The number of carbonyl (C=O) groups excluding carboxylic acids is 2. The number of ether oxygens (including phenoxy) is 3. The zero-order valence-electron chi connectivity index (χ0n) is 27.5. The number of amides is 2. The second-order valence-corrected chi connectivity index (χ2v) is 19.0. The van der Waals surface area contributed by atoms with E-state index in [-0.39, 0.29) is 42.6 Å². The van der Waals surface area contributed by atoms with E-state index in [1.807, 2.05) is 83.8 Å². The number of para-hydroxylation sites is 2. The largest absolute Gasteiger partial charge is 0.497 e. The van der Waals surface area contributed by atoms with Crippen molar-refractivity contribution in [3.05, 3.63) is 107 Å². The number of carbonyl (C=O) groups is 2. The molecule has 8 nitrogen and oxygen atoms in total. The van der Waals surface area contributed by atoms with Crippen molar-refractivity contribution in [2.24, 2.45) is 5.92 Å². The Hall–Kier alpha value is -3.96. The van der Waals surface area contributed by atoms with Crippen molar-refractivity contribution in [3.63, 3.8) is 0 Å². The van der Waals surface area contributed by atoms with E-state index in [0.717, 1.165) is 32.7 Å². The van der Waals surface area contributed by atoms with E-state index in [1.54, 1.807) is 12.0 Å². The minimum Gasteiger partial charge on any atom is -0.497 e. The number of hydrogen-bond acceptors (Lipinski definition) is 6. The maximum Gasteiger partial charge on any atom is 0.269 e. The zero-order chi connectivity index (χ0) is 33.8. The maximum atomic E-state index is 14.9. The van der Waals surface area contributed by atoms with Gasteiger partial charge in [-0.15, -0.1) is 0 Å². The van der Waals surface area contributed by atoms with E-state index in [9.17, 15) is 14.7 Å². The Morgan fingerprint density at radius 2 is 1.71 bits per heavy atom. The van der Waals surface area contributed by atoms with Crippen molar-refractivity contribution in [1.82, 2.24) is 0 Å². The number of benzene rings is 4. The Kier molecular flexibility index (Phi) is 8.48. The van der Waals surface area contributed by atoms with Crippen LogP contribution in [0.5, 0.6) is 11.5 Å². The molecule has 3 heterocycles. The number of anilines is 3. The summed E-state index contributed by atoms with van der Waals surface area (Å²) in [5.41, 5.74) is 2.91. The van der Waals surface area contributed by atoms with Gasteiger partial charge in [0.2, 0.25) is 0 Å². The topological polar surface area (TPSA) is 88.5 Å². The minimum atomic E-state index is -2.27. The predicted octanol–water partition coefficient (Wildman–Crippen LogP) is 6.66. The van der Waals surface area contributed by atoms with Crippen molar-refractivity contribution >= 4 is 58.1 Å². The summed E-state index contributed by atoms with van der Waals surface area (Å²) in [5, 5.41) is 11.4. The summed E-state index contributed by atoms with van der Waals surface area (Å²) >= 11 is 3.67. The Balaban J connectivity index is 1.23. The van der Waals surface area contributed by atoms with Gasteiger partial charge in [-0.05, 0) is 72.1 Å². The number of fused-ring (bicyclic) bond motifs is 3. The van der Waals surface area contributed by atoms with Crippen molar-refractivity contribution in [2.75, 3.05) is 30.1 Å². The standard InChI is InChI=1S/C38H39BrN2O6Si/c1-24-36(48(3,4)29-16-14-28(45-2)15-17-29)34(19-20-42)47-38(24)30-21-26(39)11-18-31(30)40(37(38)44)22-25-9-12-27(13-10-25)41-32-7-5-6-8-33(32)46-23-35(41)43/h5-18,21,24,34,36,42H,19-20,22-23H2,1-4H3/t24-,34+,36-,38+/m1/s1. The van der Waals surface area contributed by atoms with Crippen molar-refractivity contribution in [1.29, 1.82) is 0 Å². The number of halogens is 1. The molecule has 0 unspecified atom stereocenters. The molecule has 0 saturated carbocycles. The molecule has 7 rings (SSSR count). The van der Waals surface area contributed by atoms with Gasteiger partial charge in [0.1, 0.15) is 11.5 Å². The van der Waals surface area contributed by atoms with Gasteiger partial charge in [0.25, 0.3) is 11.8 Å². The van der Waals surface area contributed by atoms with Crippen LogP contribution < -0.4 is 24.5 Å². The van der Waals surface area contributed by atoms with Crippen molar-refractivity contribution in [3.8, 4) is 11.5 Å². The molecule has 0 radical (unpaired) electrons. The Labute approximate surface area is 290 Å². The van der Waals surface area contributed by atoms with E-state index in [2.05, 4.69) is 48.1 Å². The molecule has 3 aliphatic rings. The number of aliphatic hydroxyl groups excluding tert-OH is 1. The predicted molar refractivity (Wildman–Crippen MR) is 192 cm³/mol. The second-order valence-electron chi connectivity index (χ2n) is 13.4. The highest BCUT2D eigenvalue weighted by molar-refractivity contribution is 9.10. The lowest BCUT2D eigenvalue weighted by Gasteiger charge is -2.37. The molecule has 10 heteroatoms. The van der Waals surface area contributed by atoms with E-state index < -0.39 is 13.7 Å². The third-order valence-corrected chi connectivity index (χ3v) is 15.3. The van der Waals surface area contributed by atoms with Crippen LogP contribution in [0, 0.1) is 5.92 Å². The van der Waals surface area contributed by atoms with Crippen LogP contribution >= 0.6 is 15.9 Å². The molecule has 1 fully saturated rings. The van der Waals surface area contributed by atoms with Crippen LogP contribution in [-0.2, 0) is 26.5 Å². The fourth-order valence-corrected chi connectivity index (χ4v) is 12.6. The number of hydrogen-bond donors (Lipinski definition) is 1. The molecule has 1 spiro atoms. The van der Waals surface area contributed by atoms with E-state index in [0.29, 0.717) is 24.4 Å². The van der Waals surface area contributed by atoms with Gasteiger partial charge >= 0.3 is 0 Å². The molecule has 1 saturated heterocycles. The summed E-state index contributed by atoms with van der Waals surface area (Å²) in [6.45, 7) is 7.11. The normalized spacial score (nSPS) is 23.3. The highest BCUT2D eigenvalue weighted by Gasteiger charge is 2.66. The van der Waals surface area contributed by atoms with E-state index >= 15 is 0 Å². The average Bonchev–Trinajstić information content (AvgIpc) is 3.51. The molecule has 0 bridgehead atoms. The summed E-state index contributed by atoms with van der Waals surface area (Å²) < 4.78 is 18.9. The molecule has 4 atom stereocenters. The first kappa shape index (κ1) is 32.6. The van der Waals surface area contributed by atoms with Gasteiger partial charge in [0.05, 0.1) is 39.2 Å². The van der Waals surface area contributed by atoms with Gasteiger partial charge in [-0.2, -0.15) is 0 Å². The molecular weight excluding hydrogens is 688 g/mol. The van der Waals surface area contributed by atoms with Gasteiger partial charge < -0.3 is 24.2 Å². The number of aliphatic hydroxyl groups is 1. The molecule has 48 heavy (non-hydrogen) atoms. The van der Waals surface area contributed by atoms with Crippen LogP contribution in [0.1, 0.15) is 24.5 Å². The number of methoxy groups -OCH3 is 1. The SMILES string of the molecule is COc1ccc([Si](C)(C)[C@H]2[C@H](CCO)O[C@@]3(C(=O)N(Cc4ccc(N5C(=O)COc6ccccc65)cc4)c4ccc(Br)cc43)[C@@H]2C)cc1. The molecule has 2 amide bonds. The Morgan fingerprint density at radius 1 is 0.979 bits per heavy atom. The quantitative estimate of drug-likeness (QED) is 0.205. The first-order valence-corrected chi connectivity index (χ1v) is 20.2. The van der Waals surface area contributed by atoms with Gasteiger partial charge in [-0.1, -0.05) is 77.5 Å². The van der Waals surface area contributed by atoms with Crippen LogP contribution in [0.3, 0.4) is 0 Å². The first-order valence-electron chi connectivity index (χ1n) is 16.3. The summed E-state index contributed by atoms with van der Waals surface area (Å²) in [7, 11) is -0.605. The van der Waals surface area contributed by atoms with Crippen LogP contribution in [0.2, 0.25) is 18.6 Å². The molecule has 4 aromatic carbocycles. The second kappa shape index (κ2) is 12.5. The molecule has 3 aliphatic heterocycles. The molecule has 248 valence electrons. The smallest absolute Gasteiger partial charge is 0.269 e. The van der Waals surface area contributed by atoms with Crippen LogP contribution in [0.4, 0.5) is 17.1 Å². The first-order chi connectivity index (χ1) is 23.1. The Bertz CT molecular complexity index is 1870. The van der Waals surface area contributed by atoms with Crippen LogP contribution in [-0.4, -0.2) is 51.4 Å². The number of nitrogens with zero attached hydrogens (tertiary/aromatic N) is 2. The van der Waals surface area contributed by atoms with E-state index in [1.165, 1.54) is 5.19 Å².